The first-order valence-electron chi connectivity index (χ1n) is 6.74. The molecule has 94 valence electrons. The zero-order chi connectivity index (χ0) is 11.6. The molecule has 1 saturated carbocycles. The van der Waals surface area contributed by atoms with E-state index in [1.165, 1.54) is 45.6 Å². The Bertz CT molecular complexity index is 215. The fraction of sp³-hybridized carbons (Fsp3) is 1.00. The molecule has 0 bridgehead atoms. The van der Waals surface area contributed by atoms with Crippen LogP contribution in [0, 0.1) is 11.3 Å². The lowest BCUT2D eigenvalue weighted by molar-refractivity contribution is 0.0967. The van der Waals surface area contributed by atoms with Crippen molar-refractivity contribution in [3.63, 3.8) is 0 Å². The Kier molecular flexibility index (Phi) is 3.88. The zero-order valence-electron chi connectivity index (χ0n) is 10.9. The van der Waals surface area contributed by atoms with Gasteiger partial charge in [0, 0.05) is 39.3 Å². The minimum absolute atomic E-state index is 0.276. The van der Waals surface area contributed by atoms with E-state index < -0.39 is 0 Å². The molecule has 3 heteroatoms. The quantitative estimate of drug-likeness (QED) is 0.757. The molecule has 0 spiro atoms. The first kappa shape index (κ1) is 12.3. The van der Waals surface area contributed by atoms with Gasteiger partial charge in [0.2, 0.25) is 0 Å². The summed E-state index contributed by atoms with van der Waals surface area (Å²) in [7, 11) is 0. The summed E-state index contributed by atoms with van der Waals surface area (Å²) in [5.74, 6) is 1.03. The topological polar surface area (TPSA) is 32.5 Å². The Morgan fingerprint density at radius 3 is 2.12 bits per heavy atom. The normalized spacial score (nSPS) is 24.9. The molecular weight excluding hydrogens is 198 g/mol. The molecule has 2 fully saturated rings. The summed E-state index contributed by atoms with van der Waals surface area (Å²) in [5.41, 5.74) is 6.06. The molecular formula is C13H27N3. The molecule has 2 N–H and O–H groups in total. The first-order chi connectivity index (χ1) is 7.59. The summed E-state index contributed by atoms with van der Waals surface area (Å²) in [6.45, 7) is 12.8. The lowest BCUT2D eigenvalue weighted by Gasteiger charge is -2.38. The van der Waals surface area contributed by atoms with Crippen LogP contribution in [0.5, 0.6) is 0 Å². The molecule has 0 radical (unpaired) electrons. The number of piperazine rings is 1. The van der Waals surface area contributed by atoms with E-state index in [0.29, 0.717) is 0 Å². The Hall–Kier alpha value is -0.120. The van der Waals surface area contributed by atoms with Crippen molar-refractivity contribution in [2.24, 2.45) is 17.1 Å². The molecule has 2 rings (SSSR count). The molecule has 2 aliphatic rings. The van der Waals surface area contributed by atoms with Crippen molar-refractivity contribution in [3.8, 4) is 0 Å². The van der Waals surface area contributed by atoms with Crippen LogP contribution in [0.3, 0.4) is 0 Å². The Labute approximate surface area is 100.0 Å². The number of nitrogens with zero attached hydrogens (tertiary/aromatic N) is 2. The van der Waals surface area contributed by atoms with Gasteiger partial charge in [-0.3, -0.25) is 0 Å². The SMILES string of the molecule is CC(C)(CN)CN1CCN(CC2CC2)CC1. The van der Waals surface area contributed by atoms with E-state index in [-0.39, 0.29) is 5.41 Å². The van der Waals surface area contributed by atoms with Crippen LogP contribution in [0.25, 0.3) is 0 Å². The second-order valence-corrected chi connectivity index (χ2v) is 6.39. The van der Waals surface area contributed by atoms with E-state index in [9.17, 15) is 0 Å². The maximum Gasteiger partial charge on any atom is 0.0110 e. The molecule has 0 amide bonds. The minimum atomic E-state index is 0.276. The van der Waals surface area contributed by atoms with Gasteiger partial charge in [0.15, 0.2) is 0 Å². The van der Waals surface area contributed by atoms with Gasteiger partial charge in [-0.25, -0.2) is 0 Å². The standard InChI is InChI=1S/C13H27N3/c1-13(2,10-14)11-16-7-5-15(6-8-16)9-12-3-4-12/h12H,3-11,14H2,1-2H3. The zero-order valence-corrected chi connectivity index (χ0v) is 10.9. The van der Waals surface area contributed by atoms with E-state index in [0.717, 1.165) is 19.0 Å². The van der Waals surface area contributed by atoms with Crippen molar-refractivity contribution < 1.29 is 0 Å². The highest BCUT2D eigenvalue weighted by atomic mass is 15.3. The van der Waals surface area contributed by atoms with Gasteiger partial charge in [0.1, 0.15) is 0 Å². The van der Waals surface area contributed by atoms with Crippen molar-refractivity contribution in [3.05, 3.63) is 0 Å². The molecule has 0 aromatic rings. The number of rotatable bonds is 5. The van der Waals surface area contributed by atoms with E-state index in [1.807, 2.05) is 0 Å². The largest absolute Gasteiger partial charge is 0.330 e. The fourth-order valence-corrected chi connectivity index (χ4v) is 2.47. The fourth-order valence-electron chi connectivity index (χ4n) is 2.47. The smallest absolute Gasteiger partial charge is 0.0110 e. The Morgan fingerprint density at radius 2 is 1.62 bits per heavy atom. The van der Waals surface area contributed by atoms with Gasteiger partial charge in [0.25, 0.3) is 0 Å². The van der Waals surface area contributed by atoms with Gasteiger partial charge in [0.05, 0.1) is 0 Å². The van der Waals surface area contributed by atoms with Crippen LogP contribution in [0.2, 0.25) is 0 Å². The third-order valence-electron chi connectivity index (χ3n) is 3.88. The third-order valence-corrected chi connectivity index (χ3v) is 3.88. The monoisotopic (exact) mass is 225 g/mol. The predicted molar refractivity (Wildman–Crippen MR) is 68.4 cm³/mol. The van der Waals surface area contributed by atoms with Gasteiger partial charge < -0.3 is 15.5 Å². The van der Waals surface area contributed by atoms with E-state index >= 15 is 0 Å². The highest BCUT2D eigenvalue weighted by Crippen LogP contribution is 2.30. The van der Waals surface area contributed by atoms with Crippen molar-refractivity contribution in [2.45, 2.75) is 26.7 Å². The average molecular weight is 225 g/mol. The molecule has 1 aliphatic carbocycles. The molecule has 3 nitrogen and oxygen atoms in total. The highest BCUT2D eigenvalue weighted by molar-refractivity contribution is 4.82. The maximum absolute atomic E-state index is 5.79. The molecule has 0 atom stereocenters. The van der Waals surface area contributed by atoms with Crippen LogP contribution < -0.4 is 5.73 Å². The number of hydrogen-bond acceptors (Lipinski definition) is 3. The summed E-state index contributed by atoms with van der Waals surface area (Å²) in [6, 6.07) is 0. The van der Waals surface area contributed by atoms with Crippen molar-refractivity contribution in [2.75, 3.05) is 45.8 Å². The highest BCUT2D eigenvalue weighted by Gasteiger charge is 2.27. The van der Waals surface area contributed by atoms with Crippen molar-refractivity contribution in [1.29, 1.82) is 0 Å². The maximum atomic E-state index is 5.79. The summed E-state index contributed by atoms with van der Waals surface area (Å²) in [5, 5.41) is 0. The van der Waals surface area contributed by atoms with Gasteiger partial charge in [-0.15, -0.1) is 0 Å². The average Bonchev–Trinajstić information content (AvgIpc) is 3.05. The van der Waals surface area contributed by atoms with Gasteiger partial charge >= 0.3 is 0 Å². The lowest BCUT2D eigenvalue weighted by Crippen LogP contribution is -2.50. The molecule has 0 unspecified atom stereocenters. The van der Waals surface area contributed by atoms with Crippen LogP contribution >= 0.6 is 0 Å². The molecule has 1 aliphatic heterocycles. The van der Waals surface area contributed by atoms with Crippen LogP contribution in [0.4, 0.5) is 0 Å². The van der Waals surface area contributed by atoms with E-state index in [4.69, 9.17) is 5.73 Å². The summed E-state index contributed by atoms with van der Waals surface area (Å²) in [6.07, 6.45) is 2.95. The second kappa shape index (κ2) is 5.03. The lowest BCUT2D eigenvalue weighted by atomic mass is 9.93. The van der Waals surface area contributed by atoms with Crippen LogP contribution in [0.15, 0.2) is 0 Å². The molecule has 0 aromatic carbocycles. The molecule has 1 heterocycles. The summed E-state index contributed by atoms with van der Waals surface area (Å²) in [4.78, 5) is 5.22. The summed E-state index contributed by atoms with van der Waals surface area (Å²) < 4.78 is 0. The van der Waals surface area contributed by atoms with Crippen LogP contribution in [0.1, 0.15) is 26.7 Å². The Morgan fingerprint density at radius 1 is 1.06 bits per heavy atom. The van der Waals surface area contributed by atoms with Crippen molar-refractivity contribution >= 4 is 0 Å². The van der Waals surface area contributed by atoms with E-state index in [2.05, 4.69) is 23.6 Å². The van der Waals surface area contributed by atoms with Gasteiger partial charge in [-0.1, -0.05) is 13.8 Å². The minimum Gasteiger partial charge on any atom is -0.330 e. The van der Waals surface area contributed by atoms with Gasteiger partial charge in [-0.2, -0.15) is 0 Å². The van der Waals surface area contributed by atoms with E-state index in [1.54, 1.807) is 0 Å². The predicted octanol–water partition coefficient (Wildman–Crippen LogP) is 0.999. The second-order valence-electron chi connectivity index (χ2n) is 6.39. The molecule has 16 heavy (non-hydrogen) atoms. The number of hydrogen-bond donors (Lipinski definition) is 1. The van der Waals surface area contributed by atoms with Crippen molar-refractivity contribution in [1.82, 2.24) is 9.80 Å². The Balaban J connectivity index is 1.67. The third kappa shape index (κ3) is 3.72. The first-order valence-corrected chi connectivity index (χ1v) is 6.74. The van der Waals surface area contributed by atoms with Gasteiger partial charge in [-0.05, 0) is 30.7 Å². The van der Waals surface area contributed by atoms with Crippen LogP contribution in [-0.4, -0.2) is 55.6 Å². The summed E-state index contributed by atoms with van der Waals surface area (Å²) >= 11 is 0. The molecule has 1 saturated heterocycles. The van der Waals surface area contributed by atoms with Crippen LogP contribution in [-0.2, 0) is 0 Å². The number of nitrogens with two attached hydrogens (primary N) is 1. The molecule has 0 aromatic heterocycles.